The summed E-state index contributed by atoms with van der Waals surface area (Å²) >= 11 is 1.35. The number of carbonyl (C=O) groups is 2. The lowest BCUT2D eigenvalue weighted by molar-refractivity contribution is 0.0717. The zero-order chi connectivity index (χ0) is 24.5. The van der Waals surface area contributed by atoms with Crippen LogP contribution in [0.1, 0.15) is 69.1 Å². The molecule has 3 heterocycles. The van der Waals surface area contributed by atoms with Gasteiger partial charge in [-0.1, -0.05) is 31.9 Å². The van der Waals surface area contributed by atoms with Crippen LogP contribution in [0.25, 0.3) is 0 Å². The molecule has 4 aromatic rings. The number of unbranched alkanes of at least 4 members (excludes halogenated alkanes) is 2. The molecule has 0 radical (unpaired) electrons. The molecule has 3 aromatic heterocycles. The van der Waals surface area contributed by atoms with Gasteiger partial charge in [0, 0.05) is 10.9 Å². The third-order valence-corrected chi connectivity index (χ3v) is 6.43. The van der Waals surface area contributed by atoms with E-state index in [1.807, 2.05) is 30.3 Å². The van der Waals surface area contributed by atoms with Crippen LogP contribution in [0.4, 0.5) is 0 Å². The van der Waals surface area contributed by atoms with E-state index in [4.69, 9.17) is 8.83 Å². The largest absolute Gasteiger partial charge is 0.467 e. The molecule has 4 rings (SSSR count). The van der Waals surface area contributed by atoms with Crippen LogP contribution in [0.3, 0.4) is 0 Å². The Kier molecular flexibility index (Phi) is 8.51. The Hall–Kier alpha value is -3.65. The minimum absolute atomic E-state index is 0.111. The molecule has 182 valence electrons. The van der Waals surface area contributed by atoms with Gasteiger partial charge in [0.2, 0.25) is 0 Å². The van der Waals surface area contributed by atoms with Crippen LogP contribution in [0, 0.1) is 0 Å². The molecule has 0 atom stereocenters. The number of benzene rings is 1. The molecule has 0 saturated carbocycles. The van der Waals surface area contributed by atoms with Crippen LogP contribution in [0.2, 0.25) is 0 Å². The molecule has 0 aliphatic carbocycles. The maximum atomic E-state index is 13.4. The Labute approximate surface area is 208 Å². The van der Waals surface area contributed by atoms with Crippen molar-refractivity contribution in [2.45, 2.75) is 52.2 Å². The van der Waals surface area contributed by atoms with Gasteiger partial charge < -0.3 is 19.1 Å². The molecule has 8 heteroatoms. The molecule has 0 saturated heterocycles. The average Bonchev–Trinajstić information content (AvgIpc) is 3.66. The molecule has 0 unspecified atom stereocenters. The van der Waals surface area contributed by atoms with E-state index in [2.05, 4.69) is 17.2 Å². The summed E-state index contributed by atoms with van der Waals surface area (Å²) in [5.41, 5.74) is 2.17. The molecular formula is C27H29N3O4S. The molecule has 1 N–H and O–H groups in total. The number of nitrogens with one attached hydrogen (secondary N) is 1. The fraction of sp³-hybridized carbons (Fsp3) is 0.296. The lowest BCUT2D eigenvalue weighted by Gasteiger charge is -2.21. The fourth-order valence-corrected chi connectivity index (χ4v) is 4.48. The number of aryl methyl sites for hydroxylation is 1. The Morgan fingerprint density at radius 2 is 1.71 bits per heavy atom. The van der Waals surface area contributed by atoms with Gasteiger partial charge in [0.1, 0.15) is 22.2 Å². The quantitative estimate of drug-likeness (QED) is 0.252. The maximum absolute atomic E-state index is 13.4. The van der Waals surface area contributed by atoms with Crippen molar-refractivity contribution in [3.63, 3.8) is 0 Å². The fourth-order valence-electron chi connectivity index (χ4n) is 3.69. The van der Waals surface area contributed by atoms with E-state index in [-0.39, 0.29) is 24.9 Å². The van der Waals surface area contributed by atoms with E-state index >= 15 is 0 Å². The number of aromatic nitrogens is 1. The second-order valence-corrected chi connectivity index (χ2v) is 9.23. The zero-order valence-corrected chi connectivity index (χ0v) is 20.6. The van der Waals surface area contributed by atoms with Crippen LogP contribution >= 0.6 is 11.3 Å². The molecule has 7 nitrogen and oxygen atoms in total. The maximum Gasteiger partial charge on any atom is 0.271 e. The monoisotopic (exact) mass is 491 g/mol. The van der Waals surface area contributed by atoms with Crippen LogP contribution < -0.4 is 5.32 Å². The summed E-state index contributed by atoms with van der Waals surface area (Å²) in [5.74, 6) is 0.954. The van der Waals surface area contributed by atoms with E-state index in [1.54, 1.807) is 41.0 Å². The van der Waals surface area contributed by atoms with E-state index in [0.29, 0.717) is 34.3 Å². The lowest BCUT2D eigenvalue weighted by atomic mass is 10.0. The molecule has 0 aliphatic heterocycles. The second-order valence-electron chi connectivity index (χ2n) is 8.28. The standard InChI is InChI=1S/C27H29N3O4S/c1-2-3-4-7-20-10-12-21(13-11-20)27(32)30(17-23-9-6-15-34-23)18-25-29-24(19-35-25)26(31)28-16-22-8-5-14-33-22/h5-6,8-15,19H,2-4,7,16-18H2,1H3,(H,28,31). The molecule has 0 spiro atoms. The van der Waals surface area contributed by atoms with Gasteiger partial charge in [0.15, 0.2) is 0 Å². The van der Waals surface area contributed by atoms with Crippen LogP contribution in [-0.2, 0) is 26.1 Å². The first-order valence-electron chi connectivity index (χ1n) is 11.8. The molecule has 35 heavy (non-hydrogen) atoms. The van der Waals surface area contributed by atoms with Gasteiger partial charge in [-0.3, -0.25) is 9.59 Å². The van der Waals surface area contributed by atoms with E-state index < -0.39 is 0 Å². The summed E-state index contributed by atoms with van der Waals surface area (Å²) in [6.45, 7) is 3.06. The third-order valence-electron chi connectivity index (χ3n) is 5.60. The Bertz CT molecular complexity index is 1200. The van der Waals surface area contributed by atoms with Gasteiger partial charge in [-0.25, -0.2) is 4.98 Å². The van der Waals surface area contributed by atoms with Crippen molar-refractivity contribution in [3.8, 4) is 0 Å². The number of nitrogens with zero attached hydrogens (tertiary/aromatic N) is 2. The summed E-state index contributed by atoms with van der Waals surface area (Å²) in [5, 5.41) is 5.16. The molecular weight excluding hydrogens is 462 g/mol. The summed E-state index contributed by atoms with van der Waals surface area (Å²) in [6, 6.07) is 15.0. The predicted molar refractivity (Wildman–Crippen MR) is 134 cm³/mol. The van der Waals surface area contributed by atoms with E-state index in [9.17, 15) is 9.59 Å². The Balaban J connectivity index is 1.43. The van der Waals surface area contributed by atoms with E-state index in [0.717, 1.165) is 12.8 Å². The normalized spacial score (nSPS) is 10.9. The number of furan rings is 2. The van der Waals surface area contributed by atoms with Crippen molar-refractivity contribution in [3.05, 3.63) is 99.8 Å². The van der Waals surface area contributed by atoms with Crippen LogP contribution in [-0.4, -0.2) is 21.7 Å². The highest BCUT2D eigenvalue weighted by atomic mass is 32.1. The minimum atomic E-state index is -0.286. The third kappa shape index (κ3) is 6.93. The number of hydrogen-bond donors (Lipinski definition) is 1. The van der Waals surface area contributed by atoms with Crippen molar-refractivity contribution in [1.29, 1.82) is 0 Å². The smallest absolute Gasteiger partial charge is 0.271 e. The summed E-state index contributed by atoms with van der Waals surface area (Å²) in [4.78, 5) is 32.0. The number of rotatable bonds is 12. The molecule has 0 bridgehead atoms. The number of carbonyl (C=O) groups excluding carboxylic acids is 2. The van der Waals surface area contributed by atoms with Gasteiger partial charge in [0.25, 0.3) is 11.8 Å². The minimum Gasteiger partial charge on any atom is -0.467 e. The van der Waals surface area contributed by atoms with Gasteiger partial charge in [0.05, 0.1) is 32.2 Å². The summed E-state index contributed by atoms with van der Waals surface area (Å²) in [7, 11) is 0. The van der Waals surface area contributed by atoms with Crippen LogP contribution in [0.5, 0.6) is 0 Å². The summed E-state index contributed by atoms with van der Waals surface area (Å²) in [6.07, 6.45) is 7.70. The molecule has 0 aliphatic rings. The van der Waals surface area contributed by atoms with Gasteiger partial charge >= 0.3 is 0 Å². The average molecular weight is 492 g/mol. The predicted octanol–water partition coefficient (Wildman–Crippen LogP) is 5.83. The molecule has 1 aromatic carbocycles. The highest BCUT2D eigenvalue weighted by molar-refractivity contribution is 7.09. The topological polar surface area (TPSA) is 88.6 Å². The number of hydrogen-bond acceptors (Lipinski definition) is 6. The molecule has 0 fully saturated rings. The van der Waals surface area contributed by atoms with Crippen molar-refractivity contribution in [1.82, 2.24) is 15.2 Å². The molecule has 2 amide bonds. The van der Waals surface area contributed by atoms with Crippen molar-refractivity contribution in [2.75, 3.05) is 0 Å². The second kappa shape index (κ2) is 12.2. The van der Waals surface area contributed by atoms with Gasteiger partial charge in [-0.2, -0.15) is 0 Å². The first-order chi connectivity index (χ1) is 17.1. The summed E-state index contributed by atoms with van der Waals surface area (Å²) < 4.78 is 10.7. The van der Waals surface area contributed by atoms with Crippen molar-refractivity contribution >= 4 is 23.2 Å². The zero-order valence-electron chi connectivity index (χ0n) is 19.7. The highest BCUT2D eigenvalue weighted by Gasteiger charge is 2.20. The van der Waals surface area contributed by atoms with E-state index in [1.165, 1.54) is 29.7 Å². The van der Waals surface area contributed by atoms with Crippen LogP contribution in [0.15, 0.2) is 75.3 Å². The SMILES string of the molecule is CCCCCc1ccc(C(=O)N(Cc2ccco2)Cc2nc(C(=O)NCc3ccco3)cs2)cc1. The first kappa shape index (κ1) is 24.5. The van der Waals surface area contributed by atoms with Gasteiger partial charge in [-0.05, 0) is 54.8 Å². The number of thiazole rings is 1. The highest BCUT2D eigenvalue weighted by Crippen LogP contribution is 2.19. The Morgan fingerprint density at radius 3 is 2.40 bits per heavy atom. The lowest BCUT2D eigenvalue weighted by Crippen LogP contribution is -2.30. The number of amides is 2. The Morgan fingerprint density at radius 1 is 0.971 bits per heavy atom. The van der Waals surface area contributed by atoms with Crippen molar-refractivity contribution in [2.24, 2.45) is 0 Å². The van der Waals surface area contributed by atoms with Crippen molar-refractivity contribution < 1.29 is 18.4 Å². The van der Waals surface area contributed by atoms with Gasteiger partial charge in [-0.15, -0.1) is 11.3 Å². The first-order valence-corrected chi connectivity index (χ1v) is 12.7.